The number of aliphatic imine (C=N–C) groups is 1. The second-order valence-corrected chi connectivity index (χ2v) is 4.14. The number of nitrogens with zero attached hydrogens (tertiary/aromatic N) is 5. The number of fused-ring (bicyclic) bond motifs is 1. The quantitative estimate of drug-likeness (QED) is 0.880. The minimum atomic E-state index is 0.624. The molecule has 2 aromatic rings. The van der Waals surface area contributed by atoms with E-state index in [0.717, 1.165) is 34.9 Å². The Morgan fingerprint density at radius 3 is 2.83 bits per heavy atom. The third-order valence-corrected chi connectivity index (χ3v) is 2.70. The molecule has 0 fully saturated rings. The van der Waals surface area contributed by atoms with E-state index in [0.29, 0.717) is 6.54 Å². The van der Waals surface area contributed by atoms with Gasteiger partial charge in [-0.2, -0.15) is 0 Å². The lowest BCUT2D eigenvalue weighted by atomic mass is 10.2. The minimum Gasteiger partial charge on any atom is -0.364 e. The third-order valence-electron chi connectivity index (χ3n) is 2.70. The van der Waals surface area contributed by atoms with E-state index in [-0.39, 0.29) is 0 Å². The van der Waals surface area contributed by atoms with Crippen LogP contribution in [0.25, 0.3) is 0 Å². The Kier molecular flexibility index (Phi) is 2.68. The van der Waals surface area contributed by atoms with Crippen molar-refractivity contribution in [3.8, 4) is 0 Å². The molecule has 0 saturated carbocycles. The normalized spacial score (nSPS) is 13.1. The first-order chi connectivity index (χ1) is 8.83. The molecule has 0 saturated heterocycles. The zero-order valence-electron chi connectivity index (χ0n) is 9.96. The second kappa shape index (κ2) is 4.48. The molecule has 0 bridgehead atoms. The highest BCUT2D eigenvalue weighted by Crippen LogP contribution is 2.31. The van der Waals surface area contributed by atoms with Crippen molar-refractivity contribution in [2.45, 2.75) is 19.9 Å². The summed E-state index contributed by atoms with van der Waals surface area (Å²) in [4.78, 5) is 20.9. The average molecular weight is 240 g/mol. The Balaban J connectivity index is 1.80. The van der Waals surface area contributed by atoms with E-state index in [1.54, 1.807) is 18.7 Å². The van der Waals surface area contributed by atoms with Gasteiger partial charge >= 0.3 is 0 Å². The monoisotopic (exact) mass is 240 g/mol. The van der Waals surface area contributed by atoms with Gasteiger partial charge in [-0.15, -0.1) is 0 Å². The Bertz CT molecular complexity index is 593. The first-order valence-corrected chi connectivity index (χ1v) is 5.69. The van der Waals surface area contributed by atoms with E-state index in [1.165, 1.54) is 6.33 Å². The summed E-state index contributed by atoms with van der Waals surface area (Å²) in [5.74, 6) is 0.765. The Morgan fingerprint density at radius 1 is 1.17 bits per heavy atom. The molecule has 1 aliphatic heterocycles. The highest BCUT2D eigenvalue weighted by atomic mass is 15.1. The van der Waals surface area contributed by atoms with E-state index in [9.17, 15) is 0 Å². The molecule has 0 spiro atoms. The van der Waals surface area contributed by atoms with Gasteiger partial charge in [-0.05, 0) is 6.92 Å². The highest BCUT2D eigenvalue weighted by molar-refractivity contribution is 5.93. The molecule has 3 heterocycles. The van der Waals surface area contributed by atoms with Crippen molar-refractivity contribution < 1.29 is 0 Å². The van der Waals surface area contributed by atoms with Crippen LogP contribution in [0.15, 0.2) is 30.0 Å². The molecule has 90 valence electrons. The lowest BCUT2D eigenvalue weighted by Gasteiger charge is -2.07. The molecule has 6 heteroatoms. The van der Waals surface area contributed by atoms with E-state index in [1.807, 2.05) is 6.92 Å². The number of hydrogen-bond acceptors (Lipinski definition) is 6. The topological polar surface area (TPSA) is 76.0 Å². The van der Waals surface area contributed by atoms with Crippen LogP contribution in [-0.2, 0) is 13.0 Å². The fourth-order valence-electron chi connectivity index (χ4n) is 1.87. The molecule has 3 rings (SSSR count). The van der Waals surface area contributed by atoms with Crippen LogP contribution in [0, 0.1) is 0 Å². The number of rotatable bonds is 3. The van der Waals surface area contributed by atoms with Crippen molar-refractivity contribution >= 4 is 17.2 Å². The van der Waals surface area contributed by atoms with Crippen molar-refractivity contribution in [1.82, 2.24) is 19.9 Å². The van der Waals surface area contributed by atoms with Gasteiger partial charge in [0.1, 0.15) is 18.3 Å². The Hall–Kier alpha value is -2.37. The van der Waals surface area contributed by atoms with Crippen LogP contribution in [0.5, 0.6) is 0 Å². The van der Waals surface area contributed by atoms with Gasteiger partial charge in [-0.25, -0.2) is 19.9 Å². The van der Waals surface area contributed by atoms with Crippen molar-refractivity contribution in [3.63, 3.8) is 0 Å². The maximum absolute atomic E-state index is 4.46. The molecule has 1 aliphatic rings. The molecule has 0 unspecified atom stereocenters. The fraction of sp³-hybridized carbons (Fsp3) is 0.250. The van der Waals surface area contributed by atoms with Crippen LogP contribution in [0.1, 0.15) is 18.2 Å². The van der Waals surface area contributed by atoms with Crippen molar-refractivity contribution in [3.05, 3.63) is 36.3 Å². The van der Waals surface area contributed by atoms with Gasteiger partial charge in [0, 0.05) is 36.6 Å². The standard InChI is InChI=1S/C12H12N6/c1-8-2-10-11(18-8)12(17-7-16-10)15-5-9-3-13-6-14-4-9/h3-4,6-7H,2,5H2,1H3,(H,15,16,17). The van der Waals surface area contributed by atoms with Gasteiger partial charge in [0.05, 0.1) is 5.69 Å². The van der Waals surface area contributed by atoms with Gasteiger partial charge in [-0.3, -0.25) is 4.99 Å². The summed E-state index contributed by atoms with van der Waals surface area (Å²) in [5.41, 5.74) is 3.90. The summed E-state index contributed by atoms with van der Waals surface area (Å²) >= 11 is 0. The molecule has 0 radical (unpaired) electrons. The van der Waals surface area contributed by atoms with Gasteiger partial charge < -0.3 is 5.32 Å². The first kappa shape index (κ1) is 10.8. The zero-order valence-corrected chi connectivity index (χ0v) is 9.96. The van der Waals surface area contributed by atoms with Crippen molar-refractivity contribution in [2.24, 2.45) is 4.99 Å². The smallest absolute Gasteiger partial charge is 0.155 e. The maximum Gasteiger partial charge on any atom is 0.155 e. The first-order valence-electron chi connectivity index (χ1n) is 5.69. The van der Waals surface area contributed by atoms with Crippen molar-refractivity contribution in [1.29, 1.82) is 0 Å². The van der Waals surface area contributed by atoms with Crippen LogP contribution in [-0.4, -0.2) is 25.6 Å². The fourth-order valence-corrected chi connectivity index (χ4v) is 1.87. The molecule has 6 nitrogen and oxygen atoms in total. The van der Waals surface area contributed by atoms with Crippen LogP contribution in [0.3, 0.4) is 0 Å². The minimum absolute atomic E-state index is 0.624. The predicted octanol–water partition coefficient (Wildman–Crippen LogP) is 1.53. The third kappa shape index (κ3) is 2.04. The summed E-state index contributed by atoms with van der Waals surface area (Å²) in [5, 5.41) is 3.24. The number of anilines is 1. The molecular weight excluding hydrogens is 228 g/mol. The van der Waals surface area contributed by atoms with Crippen LogP contribution < -0.4 is 5.32 Å². The van der Waals surface area contributed by atoms with Crippen LogP contribution in [0.2, 0.25) is 0 Å². The number of hydrogen-bond donors (Lipinski definition) is 1. The highest BCUT2D eigenvalue weighted by Gasteiger charge is 2.17. The Labute approximate surface area is 104 Å². The van der Waals surface area contributed by atoms with Crippen LogP contribution >= 0.6 is 0 Å². The summed E-state index contributed by atoms with van der Waals surface area (Å²) in [6.45, 7) is 2.62. The molecule has 0 amide bonds. The van der Waals surface area contributed by atoms with Gasteiger partial charge in [0.2, 0.25) is 0 Å². The second-order valence-electron chi connectivity index (χ2n) is 4.14. The molecular formula is C12H12N6. The SMILES string of the molecule is CC1=Nc2c(ncnc2NCc2cncnc2)C1. The molecule has 2 aromatic heterocycles. The molecule has 0 aromatic carbocycles. The summed E-state index contributed by atoms with van der Waals surface area (Å²) < 4.78 is 0. The Morgan fingerprint density at radius 2 is 2.00 bits per heavy atom. The maximum atomic E-state index is 4.46. The van der Waals surface area contributed by atoms with Crippen molar-refractivity contribution in [2.75, 3.05) is 5.32 Å². The summed E-state index contributed by atoms with van der Waals surface area (Å²) in [7, 11) is 0. The molecule has 0 aliphatic carbocycles. The summed E-state index contributed by atoms with van der Waals surface area (Å²) in [6.07, 6.45) is 7.43. The van der Waals surface area contributed by atoms with Crippen LogP contribution in [0.4, 0.5) is 11.5 Å². The largest absolute Gasteiger partial charge is 0.364 e. The predicted molar refractivity (Wildman–Crippen MR) is 67.9 cm³/mol. The van der Waals surface area contributed by atoms with Gasteiger partial charge in [-0.1, -0.05) is 0 Å². The molecule has 18 heavy (non-hydrogen) atoms. The number of nitrogens with one attached hydrogen (secondary N) is 1. The summed E-state index contributed by atoms with van der Waals surface area (Å²) in [6, 6.07) is 0. The van der Waals surface area contributed by atoms with Gasteiger partial charge in [0.15, 0.2) is 5.82 Å². The molecule has 1 N–H and O–H groups in total. The van der Waals surface area contributed by atoms with E-state index >= 15 is 0 Å². The van der Waals surface area contributed by atoms with E-state index < -0.39 is 0 Å². The van der Waals surface area contributed by atoms with E-state index in [4.69, 9.17) is 0 Å². The lowest BCUT2D eigenvalue weighted by Crippen LogP contribution is -2.03. The number of aromatic nitrogens is 4. The lowest BCUT2D eigenvalue weighted by molar-refractivity contribution is 1.02. The molecule has 0 atom stereocenters. The average Bonchev–Trinajstić information content (AvgIpc) is 2.78. The van der Waals surface area contributed by atoms with Gasteiger partial charge in [0.25, 0.3) is 0 Å². The van der Waals surface area contributed by atoms with E-state index in [2.05, 4.69) is 30.2 Å². The zero-order chi connectivity index (χ0) is 12.4.